The fourth-order valence-corrected chi connectivity index (χ4v) is 2.86. The van der Waals surface area contributed by atoms with Crippen molar-refractivity contribution in [2.45, 2.75) is 13.3 Å². The van der Waals surface area contributed by atoms with Gasteiger partial charge in [-0.15, -0.1) is 0 Å². The highest BCUT2D eigenvalue weighted by atomic mass is 16.5. The predicted molar refractivity (Wildman–Crippen MR) is 88.6 cm³/mol. The van der Waals surface area contributed by atoms with Crippen molar-refractivity contribution in [1.29, 1.82) is 0 Å². The monoisotopic (exact) mass is 279 g/mol. The van der Waals surface area contributed by atoms with Crippen molar-refractivity contribution in [3.05, 3.63) is 59.7 Å². The van der Waals surface area contributed by atoms with Crippen LogP contribution in [0.3, 0.4) is 0 Å². The Balaban J connectivity index is 1.95. The summed E-state index contributed by atoms with van der Waals surface area (Å²) in [5.41, 5.74) is 6.58. The van der Waals surface area contributed by atoms with E-state index in [0.717, 1.165) is 25.3 Å². The normalized spacial score (nSPS) is 14.7. The van der Waals surface area contributed by atoms with Crippen molar-refractivity contribution in [1.82, 2.24) is 5.32 Å². The first-order valence-corrected chi connectivity index (χ1v) is 7.43. The fraction of sp³-hybridized carbons (Fsp3) is 0.263. The molecule has 0 saturated heterocycles. The molecule has 2 heteroatoms. The second-order valence-electron chi connectivity index (χ2n) is 5.45. The average molecular weight is 279 g/mol. The Kier molecular flexibility index (Phi) is 4.07. The lowest BCUT2D eigenvalue weighted by Gasteiger charge is -2.16. The SMILES string of the molecule is COc1cccc(-c2ccc(C3=CCNCC3)cc2C)c1. The molecule has 1 N–H and O–H groups in total. The molecule has 21 heavy (non-hydrogen) atoms. The van der Waals surface area contributed by atoms with Crippen LogP contribution in [0.1, 0.15) is 17.5 Å². The maximum atomic E-state index is 5.32. The molecular formula is C19H21NO. The van der Waals surface area contributed by atoms with Crippen LogP contribution in [-0.4, -0.2) is 20.2 Å². The maximum absolute atomic E-state index is 5.32. The van der Waals surface area contributed by atoms with E-state index in [0.29, 0.717) is 0 Å². The standard InChI is InChI=1S/C19H21NO/c1-14-12-16(15-8-10-20-11-9-15)6-7-19(14)17-4-3-5-18(13-17)21-2/h3-8,12-13,20H,9-11H2,1-2H3. The summed E-state index contributed by atoms with van der Waals surface area (Å²) >= 11 is 0. The summed E-state index contributed by atoms with van der Waals surface area (Å²) in [4.78, 5) is 0. The molecule has 0 radical (unpaired) electrons. The lowest BCUT2D eigenvalue weighted by molar-refractivity contribution is 0.415. The second-order valence-corrected chi connectivity index (χ2v) is 5.45. The quantitative estimate of drug-likeness (QED) is 0.915. The minimum Gasteiger partial charge on any atom is -0.497 e. The molecule has 2 nitrogen and oxygen atoms in total. The molecule has 3 rings (SSSR count). The van der Waals surface area contributed by atoms with Crippen molar-refractivity contribution in [3.63, 3.8) is 0 Å². The number of benzene rings is 2. The molecular weight excluding hydrogens is 258 g/mol. The minimum absolute atomic E-state index is 0.900. The van der Waals surface area contributed by atoms with Gasteiger partial charge in [0.1, 0.15) is 5.75 Å². The van der Waals surface area contributed by atoms with Crippen LogP contribution >= 0.6 is 0 Å². The molecule has 0 fully saturated rings. The molecule has 1 heterocycles. The number of nitrogens with one attached hydrogen (secondary N) is 1. The highest BCUT2D eigenvalue weighted by Gasteiger charge is 2.09. The highest BCUT2D eigenvalue weighted by molar-refractivity contribution is 5.74. The van der Waals surface area contributed by atoms with Crippen molar-refractivity contribution >= 4 is 5.57 Å². The Labute approximate surface area is 126 Å². The van der Waals surface area contributed by atoms with E-state index in [1.165, 1.54) is 27.8 Å². The molecule has 108 valence electrons. The van der Waals surface area contributed by atoms with Crippen molar-refractivity contribution in [2.75, 3.05) is 20.2 Å². The van der Waals surface area contributed by atoms with Crippen LogP contribution in [0.15, 0.2) is 48.5 Å². The van der Waals surface area contributed by atoms with Gasteiger partial charge in [0, 0.05) is 6.54 Å². The van der Waals surface area contributed by atoms with Crippen molar-refractivity contribution < 1.29 is 4.74 Å². The molecule has 1 aliphatic rings. The maximum Gasteiger partial charge on any atom is 0.119 e. The van der Waals surface area contributed by atoms with Gasteiger partial charge in [-0.1, -0.05) is 36.4 Å². The number of rotatable bonds is 3. The average Bonchev–Trinajstić information content (AvgIpc) is 2.55. The summed E-state index contributed by atoms with van der Waals surface area (Å²) in [5.74, 6) is 0.900. The predicted octanol–water partition coefficient (Wildman–Crippen LogP) is 4.05. The van der Waals surface area contributed by atoms with E-state index < -0.39 is 0 Å². The molecule has 0 aromatic heterocycles. The number of hydrogen-bond acceptors (Lipinski definition) is 2. The smallest absolute Gasteiger partial charge is 0.119 e. The first-order chi connectivity index (χ1) is 10.3. The van der Waals surface area contributed by atoms with E-state index in [2.05, 4.69) is 48.6 Å². The Morgan fingerprint density at radius 3 is 2.67 bits per heavy atom. The van der Waals surface area contributed by atoms with Crippen LogP contribution in [0, 0.1) is 6.92 Å². The molecule has 2 aromatic carbocycles. The number of methoxy groups -OCH3 is 1. The van der Waals surface area contributed by atoms with E-state index in [-0.39, 0.29) is 0 Å². The van der Waals surface area contributed by atoms with Gasteiger partial charge in [-0.25, -0.2) is 0 Å². The van der Waals surface area contributed by atoms with Gasteiger partial charge in [-0.2, -0.15) is 0 Å². The topological polar surface area (TPSA) is 21.3 Å². The van der Waals surface area contributed by atoms with E-state index in [9.17, 15) is 0 Å². The largest absolute Gasteiger partial charge is 0.497 e. The van der Waals surface area contributed by atoms with Gasteiger partial charge in [-0.3, -0.25) is 0 Å². The third kappa shape index (κ3) is 3.01. The van der Waals surface area contributed by atoms with E-state index >= 15 is 0 Å². The zero-order valence-corrected chi connectivity index (χ0v) is 12.6. The van der Waals surface area contributed by atoms with Gasteiger partial charge in [0.05, 0.1) is 7.11 Å². The van der Waals surface area contributed by atoms with Crippen LogP contribution < -0.4 is 10.1 Å². The minimum atomic E-state index is 0.900. The second kappa shape index (κ2) is 6.15. The summed E-state index contributed by atoms with van der Waals surface area (Å²) in [6.45, 7) is 4.23. The summed E-state index contributed by atoms with van der Waals surface area (Å²) < 4.78 is 5.32. The van der Waals surface area contributed by atoms with Crippen molar-refractivity contribution in [2.24, 2.45) is 0 Å². The van der Waals surface area contributed by atoms with Crippen LogP contribution in [0.4, 0.5) is 0 Å². The first-order valence-electron chi connectivity index (χ1n) is 7.43. The molecule has 0 bridgehead atoms. The summed E-state index contributed by atoms with van der Waals surface area (Å²) in [7, 11) is 1.71. The van der Waals surface area contributed by atoms with Crippen LogP contribution in [-0.2, 0) is 0 Å². The lowest BCUT2D eigenvalue weighted by atomic mass is 9.93. The lowest BCUT2D eigenvalue weighted by Crippen LogP contribution is -2.20. The van der Waals surface area contributed by atoms with Gasteiger partial charge in [0.2, 0.25) is 0 Å². The van der Waals surface area contributed by atoms with E-state index in [1.54, 1.807) is 7.11 Å². The number of aryl methyl sites for hydroxylation is 1. The fourth-order valence-electron chi connectivity index (χ4n) is 2.86. The third-order valence-corrected chi connectivity index (χ3v) is 4.04. The molecule has 0 aliphatic carbocycles. The molecule has 2 aromatic rings. The molecule has 0 spiro atoms. The molecule has 1 aliphatic heterocycles. The summed E-state index contributed by atoms with van der Waals surface area (Å²) in [6, 6.07) is 15.0. The molecule has 0 unspecified atom stereocenters. The number of hydrogen-bond donors (Lipinski definition) is 1. The van der Waals surface area contributed by atoms with Gasteiger partial charge < -0.3 is 10.1 Å². The van der Waals surface area contributed by atoms with Crippen LogP contribution in [0.2, 0.25) is 0 Å². The van der Waals surface area contributed by atoms with E-state index in [4.69, 9.17) is 4.74 Å². The zero-order valence-electron chi connectivity index (χ0n) is 12.6. The van der Waals surface area contributed by atoms with Gasteiger partial charge in [-0.05, 0) is 59.8 Å². The van der Waals surface area contributed by atoms with Crippen molar-refractivity contribution in [3.8, 4) is 16.9 Å². The Bertz CT molecular complexity index is 673. The van der Waals surface area contributed by atoms with E-state index in [1.807, 2.05) is 12.1 Å². The van der Waals surface area contributed by atoms with Crippen LogP contribution in [0.25, 0.3) is 16.7 Å². The highest BCUT2D eigenvalue weighted by Crippen LogP contribution is 2.30. The Morgan fingerprint density at radius 2 is 1.95 bits per heavy atom. The number of ether oxygens (including phenoxy) is 1. The molecule has 0 atom stereocenters. The van der Waals surface area contributed by atoms with Crippen LogP contribution in [0.5, 0.6) is 5.75 Å². The Hall–Kier alpha value is -2.06. The van der Waals surface area contributed by atoms with Gasteiger partial charge in [0.15, 0.2) is 0 Å². The summed E-state index contributed by atoms with van der Waals surface area (Å²) in [5, 5.41) is 3.36. The first kappa shape index (κ1) is 13.9. The Morgan fingerprint density at radius 1 is 1.05 bits per heavy atom. The molecule has 0 saturated carbocycles. The molecule has 0 amide bonds. The third-order valence-electron chi connectivity index (χ3n) is 4.04. The van der Waals surface area contributed by atoms with Gasteiger partial charge in [0.25, 0.3) is 0 Å². The summed E-state index contributed by atoms with van der Waals surface area (Å²) in [6.07, 6.45) is 3.40. The zero-order chi connectivity index (χ0) is 14.7. The van der Waals surface area contributed by atoms with Gasteiger partial charge >= 0.3 is 0 Å².